The van der Waals surface area contributed by atoms with E-state index >= 15 is 0 Å². The molecule has 1 aliphatic heterocycles. The predicted molar refractivity (Wildman–Crippen MR) is 83.2 cm³/mol. The van der Waals surface area contributed by atoms with E-state index in [0.29, 0.717) is 0 Å². The van der Waals surface area contributed by atoms with Crippen molar-refractivity contribution in [2.24, 2.45) is 17.6 Å². The Bertz CT molecular complexity index is 254. The van der Waals surface area contributed by atoms with Gasteiger partial charge in [0.25, 0.3) is 0 Å². The van der Waals surface area contributed by atoms with E-state index in [-0.39, 0.29) is 0 Å². The Hall–Kier alpha value is -0.0800. The Morgan fingerprint density at radius 1 is 1.11 bits per heavy atom. The van der Waals surface area contributed by atoms with Crippen LogP contribution in [0, 0.1) is 11.8 Å². The number of rotatable bonds is 4. The van der Waals surface area contributed by atoms with Gasteiger partial charge in [0.15, 0.2) is 0 Å². The molecule has 2 aliphatic rings. The van der Waals surface area contributed by atoms with Gasteiger partial charge in [-0.1, -0.05) is 39.0 Å². The highest BCUT2D eigenvalue weighted by Crippen LogP contribution is 2.36. The summed E-state index contributed by atoms with van der Waals surface area (Å²) in [5.41, 5.74) is 6.08. The lowest BCUT2D eigenvalue weighted by Crippen LogP contribution is -2.50. The van der Waals surface area contributed by atoms with E-state index < -0.39 is 0 Å². The van der Waals surface area contributed by atoms with Crippen molar-refractivity contribution in [1.29, 1.82) is 0 Å². The molecule has 1 saturated heterocycles. The molecule has 2 fully saturated rings. The van der Waals surface area contributed by atoms with Gasteiger partial charge in [-0.25, -0.2) is 0 Å². The van der Waals surface area contributed by atoms with E-state index in [9.17, 15) is 0 Å². The van der Waals surface area contributed by atoms with Gasteiger partial charge >= 0.3 is 0 Å². The maximum absolute atomic E-state index is 6.08. The molecule has 0 aromatic heterocycles. The van der Waals surface area contributed by atoms with Crippen molar-refractivity contribution in [3.8, 4) is 0 Å². The van der Waals surface area contributed by atoms with E-state index in [1.807, 2.05) is 0 Å². The minimum Gasteiger partial charge on any atom is -0.330 e. The van der Waals surface area contributed by atoms with Crippen LogP contribution in [0.4, 0.5) is 0 Å². The van der Waals surface area contributed by atoms with Crippen LogP contribution < -0.4 is 5.73 Å². The first-order chi connectivity index (χ1) is 9.26. The molecule has 0 aromatic carbocycles. The van der Waals surface area contributed by atoms with Gasteiger partial charge in [0.1, 0.15) is 0 Å². The molecule has 0 radical (unpaired) electrons. The Kier molecular flexibility index (Phi) is 6.15. The lowest BCUT2D eigenvalue weighted by Gasteiger charge is -2.44. The van der Waals surface area contributed by atoms with Crippen LogP contribution in [-0.4, -0.2) is 30.1 Å². The number of likely N-dealkylation sites (tertiary alicyclic amines) is 1. The summed E-state index contributed by atoms with van der Waals surface area (Å²) < 4.78 is 0. The molecule has 0 bridgehead atoms. The average Bonchev–Trinajstić information content (AvgIpc) is 2.64. The van der Waals surface area contributed by atoms with Gasteiger partial charge in [-0.3, -0.25) is 4.90 Å². The Balaban J connectivity index is 2.03. The van der Waals surface area contributed by atoms with Gasteiger partial charge in [-0.05, 0) is 57.5 Å². The normalized spacial score (nSPS) is 38.1. The highest BCUT2D eigenvalue weighted by molar-refractivity contribution is 4.90. The fourth-order valence-corrected chi connectivity index (χ4v) is 4.44. The summed E-state index contributed by atoms with van der Waals surface area (Å²) in [6.07, 6.45) is 12.6. The number of nitrogens with zero attached hydrogens (tertiary/aromatic N) is 1. The Morgan fingerprint density at radius 3 is 2.68 bits per heavy atom. The maximum atomic E-state index is 6.08. The summed E-state index contributed by atoms with van der Waals surface area (Å²) >= 11 is 0. The lowest BCUT2D eigenvalue weighted by molar-refractivity contribution is 0.0522. The van der Waals surface area contributed by atoms with Crippen LogP contribution in [0.2, 0.25) is 0 Å². The van der Waals surface area contributed by atoms with Gasteiger partial charge in [0, 0.05) is 12.1 Å². The average molecular weight is 266 g/mol. The van der Waals surface area contributed by atoms with Crippen LogP contribution in [0.25, 0.3) is 0 Å². The summed E-state index contributed by atoms with van der Waals surface area (Å²) in [7, 11) is 0. The molecule has 1 aliphatic carbocycles. The summed E-state index contributed by atoms with van der Waals surface area (Å²) in [5.74, 6) is 1.72. The number of hydrogen-bond donors (Lipinski definition) is 1. The fourth-order valence-electron chi connectivity index (χ4n) is 4.44. The topological polar surface area (TPSA) is 29.3 Å². The van der Waals surface area contributed by atoms with Crippen molar-refractivity contribution in [1.82, 2.24) is 4.90 Å². The van der Waals surface area contributed by atoms with E-state index in [1.165, 1.54) is 64.3 Å². The molecule has 2 N–H and O–H groups in total. The Labute approximate surface area is 120 Å². The molecule has 2 nitrogen and oxygen atoms in total. The molecule has 2 heteroatoms. The van der Waals surface area contributed by atoms with Gasteiger partial charge in [-0.15, -0.1) is 0 Å². The van der Waals surface area contributed by atoms with Crippen LogP contribution in [0.1, 0.15) is 71.6 Å². The summed E-state index contributed by atoms with van der Waals surface area (Å²) in [6, 6.07) is 1.56. The van der Waals surface area contributed by atoms with Crippen molar-refractivity contribution < 1.29 is 0 Å². The van der Waals surface area contributed by atoms with Crippen LogP contribution >= 0.6 is 0 Å². The van der Waals surface area contributed by atoms with E-state index in [0.717, 1.165) is 30.5 Å². The number of hydrogen-bond acceptors (Lipinski definition) is 2. The molecule has 4 atom stereocenters. The molecule has 1 saturated carbocycles. The smallest absolute Gasteiger partial charge is 0.0141 e. The predicted octanol–water partition coefficient (Wildman–Crippen LogP) is 3.79. The zero-order valence-electron chi connectivity index (χ0n) is 13.1. The third-order valence-corrected chi connectivity index (χ3v) is 5.59. The van der Waals surface area contributed by atoms with Crippen molar-refractivity contribution >= 4 is 0 Å². The van der Waals surface area contributed by atoms with Gasteiger partial charge in [-0.2, -0.15) is 0 Å². The standard InChI is InChI=1S/C17H34N2/c1-3-7-15-9-10-16(13-18)17(12-15)19-11-6-4-5-8-14(19)2/h14-17H,3-13,18H2,1-2H3. The molecular weight excluding hydrogens is 232 g/mol. The minimum absolute atomic E-state index is 0.758. The molecule has 0 spiro atoms. The molecule has 0 aromatic rings. The first-order valence-electron chi connectivity index (χ1n) is 8.72. The van der Waals surface area contributed by atoms with Crippen LogP contribution in [0.15, 0.2) is 0 Å². The van der Waals surface area contributed by atoms with E-state index in [1.54, 1.807) is 0 Å². The third-order valence-electron chi connectivity index (χ3n) is 5.59. The van der Waals surface area contributed by atoms with Crippen molar-refractivity contribution in [2.75, 3.05) is 13.1 Å². The largest absolute Gasteiger partial charge is 0.330 e. The van der Waals surface area contributed by atoms with Crippen molar-refractivity contribution in [3.05, 3.63) is 0 Å². The second-order valence-corrected chi connectivity index (χ2v) is 6.97. The zero-order valence-corrected chi connectivity index (χ0v) is 13.1. The molecule has 1 heterocycles. The third kappa shape index (κ3) is 3.95. The van der Waals surface area contributed by atoms with Gasteiger partial charge in [0.05, 0.1) is 0 Å². The summed E-state index contributed by atoms with van der Waals surface area (Å²) in [4.78, 5) is 2.84. The highest BCUT2D eigenvalue weighted by Gasteiger charge is 2.35. The monoisotopic (exact) mass is 266 g/mol. The highest BCUT2D eigenvalue weighted by atomic mass is 15.2. The molecule has 19 heavy (non-hydrogen) atoms. The van der Waals surface area contributed by atoms with Crippen molar-refractivity contribution in [2.45, 2.75) is 83.7 Å². The second kappa shape index (κ2) is 7.64. The fraction of sp³-hybridized carbons (Fsp3) is 1.00. The Morgan fingerprint density at radius 2 is 1.95 bits per heavy atom. The molecule has 0 amide bonds. The van der Waals surface area contributed by atoms with Crippen LogP contribution in [0.3, 0.4) is 0 Å². The molecule has 4 unspecified atom stereocenters. The number of nitrogens with two attached hydrogens (primary N) is 1. The maximum Gasteiger partial charge on any atom is 0.0141 e. The van der Waals surface area contributed by atoms with Crippen LogP contribution in [-0.2, 0) is 0 Å². The lowest BCUT2D eigenvalue weighted by atomic mass is 9.75. The van der Waals surface area contributed by atoms with E-state index in [4.69, 9.17) is 5.73 Å². The molecule has 2 rings (SSSR count). The summed E-state index contributed by atoms with van der Waals surface area (Å²) in [6.45, 7) is 6.99. The minimum atomic E-state index is 0.758. The molecular formula is C17H34N2. The summed E-state index contributed by atoms with van der Waals surface area (Å²) in [5, 5.41) is 0. The first kappa shape index (κ1) is 15.3. The van der Waals surface area contributed by atoms with E-state index in [2.05, 4.69) is 18.7 Å². The first-order valence-corrected chi connectivity index (χ1v) is 8.72. The SMILES string of the molecule is CCCC1CCC(CN)C(N2CCCCCC2C)C1. The zero-order chi connectivity index (χ0) is 13.7. The molecule has 112 valence electrons. The van der Waals surface area contributed by atoms with Crippen molar-refractivity contribution in [3.63, 3.8) is 0 Å². The van der Waals surface area contributed by atoms with Gasteiger partial charge < -0.3 is 5.73 Å². The second-order valence-electron chi connectivity index (χ2n) is 6.97. The van der Waals surface area contributed by atoms with Crippen LogP contribution in [0.5, 0.6) is 0 Å². The quantitative estimate of drug-likeness (QED) is 0.838. The van der Waals surface area contributed by atoms with Gasteiger partial charge in [0.2, 0.25) is 0 Å².